The minimum atomic E-state index is -0.264. The van der Waals surface area contributed by atoms with Gasteiger partial charge in [-0.05, 0) is 24.3 Å². The second kappa shape index (κ2) is 6.22. The van der Waals surface area contributed by atoms with Gasteiger partial charge in [0.15, 0.2) is 28.6 Å². The Morgan fingerprint density at radius 3 is 2.52 bits per heavy atom. The first kappa shape index (κ1) is 17.0. The van der Waals surface area contributed by atoms with E-state index in [-0.39, 0.29) is 34.2 Å². The molecule has 8 nitrogen and oxygen atoms in total. The summed E-state index contributed by atoms with van der Waals surface area (Å²) in [7, 11) is 0. The van der Waals surface area contributed by atoms with Crippen molar-refractivity contribution in [1.82, 2.24) is 14.6 Å². The molecule has 2 aromatic carbocycles. The summed E-state index contributed by atoms with van der Waals surface area (Å²) in [6.45, 7) is 0. The van der Waals surface area contributed by atoms with Crippen molar-refractivity contribution in [2.24, 2.45) is 10.2 Å². The standard InChI is InChI=1S/C20H10ClN7O/c21-10-5-7-11(8-6-10)25-26-17-19(23)27-28-14(9-22)15-16(24-20(17)28)12-3-1-2-4-13(12)18(15)29/h1-8H,(H2,23,27). The number of hydrogen-bond acceptors (Lipinski definition) is 7. The molecule has 5 rings (SSSR count). The van der Waals surface area contributed by atoms with Gasteiger partial charge in [-0.15, -0.1) is 10.2 Å². The molecule has 0 radical (unpaired) electrons. The molecule has 138 valence electrons. The first-order valence-corrected chi connectivity index (χ1v) is 8.90. The zero-order valence-electron chi connectivity index (χ0n) is 14.7. The van der Waals surface area contributed by atoms with Gasteiger partial charge in [0.1, 0.15) is 6.07 Å². The lowest BCUT2D eigenvalue weighted by atomic mass is 10.1. The Hall–Kier alpha value is -4.09. The van der Waals surface area contributed by atoms with Crippen LogP contribution in [0.2, 0.25) is 5.02 Å². The van der Waals surface area contributed by atoms with E-state index in [9.17, 15) is 10.1 Å². The van der Waals surface area contributed by atoms with Gasteiger partial charge in [-0.25, -0.2) is 4.98 Å². The fourth-order valence-corrected chi connectivity index (χ4v) is 3.43. The highest BCUT2D eigenvalue weighted by atomic mass is 35.5. The molecule has 0 aliphatic heterocycles. The molecular formula is C20H10ClN7O. The Kier molecular flexibility index (Phi) is 3.66. The fraction of sp³-hybridized carbons (Fsp3) is 0. The topological polar surface area (TPSA) is 122 Å². The Labute approximate surface area is 168 Å². The number of aromatic nitrogens is 3. The summed E-state index contributed by atoms with van der Waals surface area (Å²) >= 11 is 5.88. The monoisotopic (exact) mass is 399 g/mol. The van der Waals surface area contributed by atoms with E-state index in [1.807, 2.05) is 6.07 Å². The van der Waals surface area contributed by atoms with E-state index in [1.54, 1.807) is 42.5 Å². The van der Waals surface area contributed by atoms with Crippen LogP contribution in [-0.4, -0.2) is 20.4 Å². The minimum absolute atomic E-state index is 0.0520. The van der Waals surface area contributed by atoms with Gasteiger partial charge in [0.05, 0.1) is 16.9 Å². The summed E-state index contributed by atoms with van der Waals surface area (Å²) in [4.78, 5) is 17.4. The molecule has 0 amide bonds. The first-order chi connectivity index (χ1) is 14.1. The summed E-state index contributed by atoms with van der Waals surface area (Å²) in [5, 5.41) is 22.8. The summed E-state index contributed by atoms with van der Waals surface area (Å²) in [6, 6.07) is 15.9. The number of hydrogen-bond donors (Lipinski definition) is 1. The molecule has 1 aliphatic carbocycles. The van der Waals surface area contributed by atoms with E-state index in [4.69, 9.17) is 17.3 Å². The van der Waals surface area contributed by atoms with Gasteiger partial charge >= 0.3 is 0 Å². The number of anilines is 1. The number of nitrogen functional groups attached to an aromatic ring is 1. The molecule has 0 atom stereocenters. The number of azo groups is 1. The third-order valence-corrected chi connectivity index (χ3v) is 4.87. The molecule has 2 aromatic heterocycles. The van der Waals surface area contributed by atoms with Crippen molar-refractivity contribution in [3.63, 3.8) is 0 Å². The summed E-state index contributed by atoms with van der Waals surface area (Å²) < 4.78 is 1.24. The SMILES string of the molecule is N#Cc1c2c(nc3c(N=Nc4ccc(Cl)cc4)c(N)nn13)-c1ccccc1C2=O. The number of carbonyl (C=O) groups is 1. The average molecular weight is 400 g/mol. The van der Waals surface area contributed by atoms with Crippen LogP contribution < -0.4 is 5.73 Å². The molecule has 0 fully saturated rings. The van der Waals surface area contributed by atoms with Gasteiger partial charge in [-0.2, -0.15) is 14.9 Å². The second-order valence-electron chi connectivity index (χ2n) is 6.32. The maximum absolute atomic E-state index is 12.8. The zero-order chi connectivity index (χ0) is 20.1. The fourth-order valence-electron chi connectivity index (χ4n) is 3.30. The van der Waals surface area contributed by atoms with Crippen molar-refractivity contribution in [3.8, 4) is 17.3 Å². The lowest BCUT2D eigenvalue weighted by Gasteiger charge is -2.03. The van der Waals surface area contributed by atoms with E-state index < -0.39 is 0 Å². The molecule has 0 spiro atoms. The highest BCUT2D eigenvalue weighted by Crippen LogP contribution is 2.39. The summed E-state index contributed by atoms with van der Waals surface area (Å²) in [5.74, 6) is -0.212. The van der Waals surface area contributed by atoms with Crippen LogP contribution in [0.15, 0.2) is 58.8 Å². The summed E-state index contributed by atoms with van der Waals surface area (Å²) in [6.07, 6.45) is 0. The minimum Gasteiger partial charge on any atom is -0.380 e. The molecule has 0 saturated carbocycles. The van der Waals surface area contributed by atoms with E-state index in [0.717, 1.165) is 0 Å². The van der Waals surface area contributed by atoms with Gasteiger partial charge in [0, 0.05) is 16.1 Å². The van der Waals surface area contributed by atoms with Crippen molar-refractivity contribution in [1.29, 1.82) is 5.26 Å². The van der Waals surface area contributed by atoms with E-state index in [1.165, 1.54) is 4.52 Å². The zero-order valence-corrected chi connectivity index (χ0v) is 15.4. The van der Waals surface area contributed by atoms with E-state index in [2.05, 4.69) is 26.4 Å². The maximum Gasteiger partial charge on any atom is 0.198 e. The van der Waals surface area contributed by atoms with Crippen molar-refractivity contribution in [3.05, 3.63) is 70.4 Å². The van der Waals surface area contributed by atoms with Crippen LogP contribution in [0.4, 0.5) is 17.2 Å². The molecule has 0 unspecified atom stereocenters. The van der Waals surface area contributed by atoms with Gasteiger partial charge in [-0.3, -0.25) is 4.79 Å². The molecule has 2 N–H and O–H groups in total. The van der Waals surface area contributed by atoms with Crippen molar-refractivity contribution in [2.75, 3.05) is 5.73 Å². The normalized spacial score (nSPS) is 12.3. The third-order valence-electron chi connectivity index (χ3n) is 4.62. The molecule has 0 bridgehead atoms. The first-order valence-electron chi connectivity index (χ1n) is 8.52. The number of rotatable bonds is 2. The van der Waals surface area contributed by atoms with Crippen molar-refractivity contribution >= 4 is 40.2 Å². The lowest BCUT2D eigenvalue weighted by Crippen LogP contribution is -2.07. The smallest absolute Gasteiger partial charge is 0.198 e. The molecule has 2 heterocycles. The van der Waals surface area contributed by atoms with Crippen LogP contribution in [0.3, 0.4) is 0 Å². The molecular weight excluding hydrogens is 390 g/mol. The van der Waals surface area contributed by atoms with Crippen LogP contribution in [0.1, 0.15) is 21.6 Å². The van der Waals surface area contributed by atoms with Gasteiger partial charge in [0.2, 0.25) is 0 Å². The van der Waals surface area contributed by atoms with Crippen LogP contribution in [0, 0.1) is 11.3 Å². The number of benzene rings is 2. The number of fused-ring (bicyclic) bond motifs is 4. The van der Waals surface area contributed by atoms with Gasteiger partial charge < -0.3 is 5.73 Å². The maximum atomic E-state index is 12.8. The average Bonchev–Trinajstić information content (AvgIpc) is 3.20. The van der Waals surface area contributed by atoms with Gasteiger partial charge in [-0.1, -0.05) is 35.9 Å². The molecule has 9 heteroatoms. The van der Waals surface area contributed by atoms with Crippen LogP contribution >= 0.6 is 11.6 Å². The largest absolute Gasteiger partial charge is 0.380 e. The Bertz CT molecular complexity index is 1400. The number of nitrogens with zero attached hydrogens (tertiary/aromatic N) is 6. The molecule has 4 aromatic rings. The number of ketones is 1. The molecule has 1 aliphatic rings. The summed E-state index contributed by atoms with van der Waals surface area (Å²) in [5.41, 5.74) is 8.89. The van der Waals surface area contributed by atoms with Crippen molar-refractivity contribution in [2.45, 2.75) is 0 Å². The van der Waals surface area contributed by atoms with Crippen molar-refractivity contribution < 1.29 is 4.79 Å². The number of nitrogens with two attached hydrogens (primary N) is 1. The Morgan fingerprint density at radius 2 is 1.79 bits per heavy atom. The number of halogens is 1. The van der Waals surface area contributed by atoms with E-state index in [0.29, 0.717) is 27.5 Å². The van der Waals surface area contributed by atoms with E-state index >= 15 is 0 Å². The Morgan fingerprint density at radius 1 is 1.07 bits per heavy atom. The van der Waals surface area contributed by atoms with Crippen LogP contribution in [0.25, 0.3) is 16.9 Å². The second-order valence-corrected chi connectivity index (χ2v) is 6.75. The Balaban J connectivity index is 1.75. The highest BCUT2D eigenvalue weighted by molar-refractivity contribution is 6.30. The van der Waals surface area contributed by atoms with Crippen LogP contribution in [0.5, 0.6) is 0 Å². The highest BCUT2D eigenvalue weighted by Gasteiger charge is 2.33. The molecule has 0 saturated heterocycles. The quantitative estimate of drug-likeness (QED) is 0.439. The number of carbonyl (C=O) groups excluding carboxylic acids is 1. The van der Waals surface area contributed by atoms with Gasteiger partial charge in [0.25, 0.3) is 0 Å². The van der Waals surface area contributed by atoms with Crippen LogP contribution in [-0.2, 0) is 0 Å². The third kappa shape index (κ3) is 2.49. The number of nitriles is 1. The lowest BCUT2D eigenvalue weighted by molar-refractivity contribution is 0.104. The predicted octanol–water partition coefficient (Wildman–Crippen LogP) is 4.46. The predicted molar refractivity (Wildman–Crippen MR) is 107 cm³/mol. The molecule has 29 heavy (non-hydrogen) atoms.